The molecule has 17 heavy (non-hydrogen) atoms. The molecule has 4 nitrogen and oxygen atoms in total. The van der Waals surface area contributed by atoms with E-state index >= 15 is 0 Å². The highest BCUT2D eigenvalue weighted by Crippen LogP contribution is 2.28. The van der Waals surface area contributed by atoms with Crippen molar-refractivity contribution in [3.63, 3.8) is 0 Å². The topological polar surface area (TPSA) is 64.7 Å². The molecule has 0 unspecified atom stereocenters. The molecule has 3 N–H and O–H groups in total. The Balaban J connectivity index is 2.62. The van der Waals surface area contributed by atoms with Gasteiger partial charge in [-0.05, 0) is 37.5 Å². The Morgan fingerprint density at radius 2 is 2.00 bits per heavy atom. The third kappa shape index (κ3) is 4.63. The van der Waals surface area contributed by atoms with Gasteiger partial charge in [0.1, 0.15) is 0 Å². The van der Waals surface area contributed by atoms with Crippen LogP contribution in [0.1, 0.15) is 25.3 Å². The van der Waals surface area contributed by atoms with Crippen molar-refractivity contribution in [1.82, 2.24) is 0 Å². The Morgan fingerprint density at radius 1 is 1.18 bits per heavy atom. The first-order chi connectivity index (χ1) is 8.31. The van der Waals surface area contributed by atoms with Gasteiger partial charge in [0.25, 0.3) is 0 Å². The van der Waals surface area contributed by atoms with Gasteiger partial charge in [0, 0.05) is 13.2 Å². The average molecular weight is 239 g/mol. The summed E-state index contributed by atoms with van der Waals surface area (Å²) in [6.45, 7) is 3.81. The van der Waals surface area contributed by atoms with Gasteiger partial charge < -0.3 is 20.3 Å². The second-order valence-corrected chi connectivity index (χ2v) is 3.70. The van der Waals surface area contributed by atoms with Crippen LogP contribution in [0.2, 0.25) is 0 Å². The van der Waals surface area contributed by atoms with E-state index in [0.717, 1.165) is 29.9 Å². The lowest BCUT2D eigenvalue weighted by molar-refractivity contribution is 0.243. The summed E-state index contributed by atoms with van der Waals surface area (Å²) < 4.78 is 11.1. The van der Waals surface area contributed by atoms with E-state index in [2.05, 4.69) is 0 Å². The van der Waals surface area contributed by atoms with Crippen LogP contribution in [0.5, 0.6) is 11.5 Å². The van der Waals surface area contributed by atoms with Crippen molar-refractivity contribution >= 4 is 0 Å². The summed E-state index contributed by atoms with van der Waals surface area (Å²) in [5.41, 5.74) is 6.60. The van der Waals surface area contributed by atoms with Crippen LogP contribution >= 0.6 is 0 Å². The van der Waals surface area contributed by atoms with Crippen LogP contribution in [-0.2, 0) is 6.54 Å². The van der Waals surface area contributed by atoms with Crippen molar-refractivity contribution in [2.24, 2.45) is 5.73 Å². The van der Waals surface area contributed by atoms with E-state index in [1.54, 1.807) is 0 Å². The standard InChI is InChI=1S/C13H21NO3/c1-2-16-13-9-11(10-14)5-6-12(13)17-8-4-3-7-15/h5-6,9,15H,2-4,7-8,10,14H2,1H3. The molecule has 0 spiro atoms. The molecule has 96 valence electrons. The first-order valence-electron chi connectivity index (χ1n) is 6.01. The summed E-state index contributed by atoms with van der Waals surface area (Å²) >= 11 is 0. The van der Waals surface area contributed by atoms with Gasteiger partial charge >= 0.3 is 0 Å². The Labute approximate surface area is 102 Å². The molecule has 1 aromatic rings. The molecule has 0 aliphatic carbocycles. The van der Waals surface area contributed by atoms with E-state index in [4.69, 9.17) is 20.3 Å². The SMILES string of the molecule is CCOc1cc(CN)ccc1OCCCCO. The predicted octanol–water partition coefficient (Wildman–Crippen LogP) is 1.70. The van der Waals surface area contributed by atoms with E-state index in [0.29, 0.717) is 19.8 Å². The van der Waals surface area contributed by atoms with Gasteiger partial charge in [-0.2, -0.15) is 0 Å². The summed E-state index contributed by atoms with van der Waals surface area (Å²) in [6, 6.07) is 5.72. The van der Waals surface area contributed by atoms with Crippen LogP contribution in [-0.4, -0.2) is 24.9 Å². The highest BCUT2D eigenvalue weighted by molar-refractivity contribution is 5.43. The monoisotopic (exact) mass is 239 g/mol. The zero-order chi connectivity index (χ0) is 12.5. The minimum Gasteiger partial charge on any atom is -0.490 e. The number of aliphatic hydroxyl groups is 1. The highest BCUT2D eigenvalue weighted by atomic mass is 16.5. The molecule has 0 amide bonds. The van der Waals surface area contributed by atoms with E-state index in [9.17, 15) is 0 Å². The van der Waals surface area contributed by atoms with E-state index < -0.39 is 0 Å². The number of unbranched alkanes of at least 4 members (excludes halogenated alkanes) is 1. The summed E-state index contributed by atoms with van der Waals surface area (Å²) in [7, 11) is 0. The quantitative estimate of drug-likeness (QED) is 0.678. The minimum absolute atomic E-state index is 0.202. The molecule has 0 saturated carbocycles. The van der Waals surface area contributed by atoms with Crippen LogP contribution in [0.4, 0.5) is 0 Å². The van der Waals surface area contributed by atoms with Crippen LogP contribution in [0.15, 0.2) is 18.2 Å². The van der Waals surface area contributed by atoms with Gasteiger partial charge in [-0.1, -0.05) is 6.07 Å². The van der Waals surface area contributed by atoms with Gasteiger partial charge in [0.05, 0.1) is 13.2 Å². The molecule has 0 fully saturated rings. The fourth-order valence-electron chi connectivity index (χ4n) is 1.46. The molecule has 0 aromatic heterocycles. The summed E-state index contributed by atoms with van der Waals surface area (Å²) in [4.78, 5) is 0. The molecule has 0 saturated heterocycles. The average Bonchev–Trinajstić information content (AvgIpc) is 2.36. The van der Waals surface area contributed by atoms with Gasteiger partial charge in [0.2, 0.25) is 0 Å². The predicted molar refractivity (Wildman–Crippen MR) is 67.3 cm³/mol. The zero-order valence-electron chi connectivity index (χ0n) is 10.3. The minimum atomic E-state index is 0.202. The Hall–Kier alpha value is -1.26. The van der Waals surface area contributed by atoms with Gasteiger partial charge in [0.15, 0.2) is 11.5 Å². The van der Waals surface area contributed by atoms with Gasteiger partial charge in [-0.25, -0.2) is 0 Å². The second-order valence-electron chi connectivity index (χ2n) is 3.70. The number of benzene rings is 1. The van der Waals surface area contributed by atoms with E-state index in [1.807, 2.05) is 25.1 Å². The van der Waals surface area contributed by atoms with Crippen LogP contribution in [0.25, 0.3) is 0 Å². The van der Waals surface area contributed by atoms with Gasteiger partial charge in [-0.15, -0.1) is 0 Å². The summed E-state index contributed by atoms with van der Waals surface area (Å²) in [5, 5.41) is 8.68. The third-order valence-electron chi connectivity index (χ3n) is 2.35. The molecule has 0 radical (unpaired) electrons. The van der Waals surface area contributed by atoms with Crippen molar-refractivity contribution in [2.45, 2.75) is 26.3 Å². The molecular weight excluding hydrogens is 218 g/mol. The number of hydrogen-bond donors (Lipinski definition) is 2. The number of aliphatic hydroxyl groups excluding tert-OH is 1. The van der Waals surface area contributed by atoms with Crippen molar-refractivity contribution < 1.29 is 14.6 Å². The normalized spacial score (nSPS) is 10.3. The highest BCUT2D eigenvalue weighted by Gasteiger charge is 2.05. The number of rotatable bonds is 8. The smallest absolute Gasteiger partial charge is 0.161 e. The summed E-state index contributed by atoms with van der Waals surface area (Å²) in [6.07, 6.45) is 1.59. The van der Waals surface area contributed by atoms with Crippen molar-refractivity contribution in [3.05, 3.63) is 23.8 Å². The zero-order valence-corrected chi connectivity index (χ0v) is 10.3. The van der Waals surface area contributed by atoms with Crippen molar-refractivity contribution in [1.29, 1.82) is 0 Å². The molecule has 1 aromatic carbocycles. The van der Waals surface area contributed by atoms with E-state index in [-0.39, 0.29) is 6.61 Å². The Bertz CT molecular complexity index is 328. The second kappa shape index (κ2) is 7.92. The van der Waals surface area contributed by atoms with Crippen LogP contribution in [0, 0.1) is 0 Å². The molecule has 0 atom stereocenters. The number of hydrogen-bond acceptors (Lipinski definition) is 4. The molecule has 0 bridgehead atoms. The first kappa shape index (κ1) is 13.8. The molecule has 0 heterocycles. The Morgan fingerprint density at radius 3 is 2.65 bits per heavy atom. The molecule has 1 rings (SSSR count). The van der Waals surface area contributed by atoms with E-state index in [1.165, 1.54) is 0 Å². The lowest BCUT2D eigenvalue weighted by atomic mass is 10.2. The molecule has 0 aliphatic heterocycles. The van der Waals surface area contributed by atoms with Crippen molar-refractivity contribution in [3.8, 4) is 11.5 Å². The third-order valence-corrected chi connectivity index (χ3v) is 2.35. The van der Waals surface area contributed by atoms with Crippen LogP contribution in [0.3, 0.4) is 0 Å². The van der Waals surface area contributed by atoms with Gasteiger partial charge in [-0.3, -0.25) is 0 Å². The molecule has 0 aliphatic rings. The maximum Gasteiger partial charge on any atom is 0.161 e. The maximum absolute atomic E-state index is 8.68. The summed E-state index contributed by atoms with van der Waals surface area (Å²) in [5.74, 6) is 1.47. The lowest BCUT2D eigenvalue weighted by Gasteiger charge is -2.12. The number of ether oxygens (including phenoxy) is 2. The fraction of sp³-hybridized carbons (Fsp3) is 0.538. The largest absolute Gasteiger partial charge is 0.490 e. The molecular formula is C13H21NO3. The Kier molecular flexibility index (Phi) is 6.43. The number of nitrogens with two attached hydrogens (primary N) is 1. The van der Waals surface area contributed by atoms with Crippen molar-refractivity contribution in [2.75, 3.05) is 19.8 Å². The van der Waals surface area contributed by atoms with Crippen LogP contribution < -0.4 is 15.2 Å². The molecule has 4 heteroatoms. The maximum atomic E-state index is 8.68. The fourth-order valence-corrected chi connectivity index (χ4v) is 1.46. The lowest BCUT2D eigenvalue weighted by Crippen LogP contribution is -2.03. The first-order valence-corrected chi connectivity index (χ1v) is 6.01.